The van der Waals surface area contributed by atoms with Crippen molar-refractivity contribution in [3.63, 3.8) is 0 Å². The number of aromatic nitrogens is 3. The number of H-pyrrole nitrogens is 2. The zero-order valence-corrected chi connectivity index (χ0v) is 7.54. The minimum Gasteiger partial charge on any atom is -0.328 e. The molecule has 0 amide bonds. The van der Waals surface area contributed by atoms with E-state index < -0.39 is 11.4 Å². The fraction of sp³-hybridized carbons (Fsp3) is 0.714. The van der Waals surface area contributed by atoms with Crippen LogP contribution in [0.3, 0.4) is 0 Å². The van der Waals surface area contributed by atoms with E-state index in [9.17, 15) is 9.59 Å². The highest BCUT2D eigenvalue weighted by molar-refractivity contribution is 4.75. The lowest BCUT2D eigenvalue weighted by Crippen LogP contribution is -2.34. The minimum absolute atomic E-state index is 0.201. The minimum atomic E-state index is -0.422. The van der Waals surface area contributed by atoms with E-state index in [0.717, 1.165) is 17.4 Å². The van der Waals surface area contributed by atoms with Gasteiger partial charge in [0, 0.05) is 6.54 Å². The average Bonchev–Trinajstić information content (AvgIpc) is 2.43. The predicted molar refractivity (Wildman–Crippen MR) is 48.7 cm³/mol. The van der Waals surface area contributed by atoms with Crippen molar-refractivity contribution in [2.45, 2.75) is 25.8 Å². The molecule has 0 aliphatic heterocycles. The van der Waals surface area contributed by atoms with Crippen molar-refractivity contribution in [1.29, 1.82) is 0 Å². The summed E-state index contributed by atoms with van der Waals surface area (Å²) in [7, 11) is 0. The van der Waals surface area contributed by atoms with Gasteiger partial charge in [0.1, 0.15) is 0 Å². The van der Waals surface area contributed by atoms with Crippen LogP contribution in [0.15, 0.2) is 9.59 Å². The summed E-state index contributed by atoms with van der Waals surface area (Å²) < 4.78 is 1.13. The summed E-state index contributed by atoms with van der Waals surface area (Å²) >= 11 is 0. The summed E-state index contributed by atoms with van der Waals surface area (Å²) in [4.78, 5) is 22.3. The molecule has 1 atom stereocenters. The number of hydrogen-bond donors (Lipinski definition) is 3. The quantitative estimate of drug-likeness (QED) is 0.572. The van der Waals surface area contributed by atoms with Gasteiger partial charge in [-0.2, -0.15) is 0 Å². The second kappa shape index (κ2) is 4.08. The number of rotatable bonds is 4. The van der Waals surface area contributed by atoms with Gasteiger partial charge in [0.05, 0.1) is 6.04 Å². The van der Waals surface area contributed by atoms with Crippen LogP contribution in [-0.2, 0) is 0 Å². The monoisotopic (exact) mass is 186 g/mol. The van der Waals surface area contributed by atoms with Gasteiger partial charge in [-0.3, -0.25) is 0 Å². The molecule has 0 spiro atoms. The van der Waals surface area contributed by atoms with E-state index in [2.05, 4.69) is 10.2 Å². The molecule has 6 nitrogen and oxygen atoms in total. The summed E-state index contributed by atoms with van der Waals surface area (Å²) in [5.41, 5.74) is 4.62. The van der Waals surface area contributed by atoms with E-state index in [0.29, 0.717) is 6.54 Å². The van der Waals surface area contributed by atoms with Gasteiger partial charge in [0.2, 0.25) is 0 Å². The van der Waals surface area contributed by atoms with Crippen molar-refractivity contribution >= 4 is 0 Å². The van der Waals surface area contributed by atoms with Gasteiger partial charge in [-0.25, -0.2) is 24.4 Å². The SMILES string of the molecule is CCCC(CN)n1c(=O)[nH][nH]c1=O. The zero-order chi connectivity index (χ0) is 9.84. The highest BCUT2D eigenvalue weighted by Gasteiger charge is 2.13. The maximum absolute atomic E-state index is 11.1. The second-order valence-electron chi connectivity index (χ2n) is 2.91. The maximum atomic E-state index is 11.1. The Morgan fingerprint density at radius 2 is 1.92 bits per heavy atom. The molecule has 1 aromatic rings. The molecule has 1 unspecified atom stereocenters. The molecular weight excluding hydrogens is 172 g/mol. The van der Waals surface area contributed by atoms with Crippen molar-refractivity contribution < 1.29 is 0 Å². The molecule has 1 aromatic heterocycles. The van der Waals surface area contributed by atoms with Crippen LogP contribution in [-0.4, -0.2) is 21.3 Å². The molecule has 1 heterocycles. The van der Waals surface area contributed by atoms with Crippen LogP contribution in [0.25, 0.3) is 0 Å². The first-order chi connectivity index (χ1) is 6.20. The number of nitrogens with one attached hydrogen (secondary N) is 2. The van der Waals surface area contributed by atoms with Gasteiger partial charge in [0.25, 0.3) is 0 Å². The van der Waals surface area contributed by atoms with Crippen LogP contribution in [0, 0.1) is 0 Å². The highest BCUT2D eigenvalue weighted by Crippen LogP contribution is 2.06. The first-order valence-corrected chi connectivity index (χ1v) is 4.30. The molecule has 0 bridgehead atoms. The summed E-state index contributed by atoms with van der Waals surface area (Å²) in [5.74, 6) is 0. The molecule has 6 heteroatoms. The average molecular weight is 186 g/mol. The Kier molecular flexibility index (Phi) is 3.07. The molecule has 0 saturated carbocycles. The van der Waals surface area contributed by atoms with Crippen LogP contribution in [0.2, 0.25) is 0 Å². The maximum Gasteiger partial charge on any atom is 0.344 e. The van der Waals surface area contributed by atoms with Gasteiger partial charge < -0.3 is 5.73 Å². The van der Waals surface area contributed by atoms with Crippen LogP contribution in [0.5, 0.6) is 0 Å². The Morgan fingerprint density at radius 3 is 2.31 bits per heavy atom. The van der Waals surface area contributed by atoms with Crippen molar-refractivity contribution in [3.05, 3.63) is 21.0 Å². The number of hydrogen-bond acceptors (Lipinski definition) is 3. The van der Waals surface area contributed by atoms with E-state index in [1.54, 1.807) is 0 Å². The van der Waals surface area contributed by atoms with Gasteiger partial charge in [0.15, 0.2) is 0 Å². The first kappa shape index (κ1) is 9.79. The van der Waals surface area contributed by atoms with E-state index in [1.165, 1.54) is 0 Å². The Bertz CT molecular complexity index is 334. The summed E-state index contributed by atoms with van der Waals surface area (Å²) in [6.07, 6.45) is 1.62. The standard InChI is InChI=1S/C7H14N4O2/c1-2-3-5(4-8)11-6(12)9-10-7(11)13/h5H,2-4,8H2,1H3,(H,9,12)(H,10,13). The zero-order valence-electron chi connectivity index (χ0n) is 7.54. The third-order valence-corrected chi connectivity index (χ3v) is 1.97. The van der Waals surface area contributed by atoms with Crippen molar-refractivity contribution in [2.75, 3.05) is 6.54 Å². The summed E-state index contributed by atoms with van der Waals surface area (Å²) in [6.45, 7) is 2.28. The van der Waals surface area contributed by atoms with Crippen LogP contribution < -0.4 is 17.1 Å². The van der Waals surface area contributed by atoms with Crippen molar-refractivity contribution in [2.24, 2.45) is 5.73 Å². The number of aromatic amines is 2. The molecule has 13 heavy (non-hydrogen) atoms. The number of nitrogens with zero attached hydrogens (tertiary/aromatic N) is 1. The topological polar surface area (TPSA) is 96.7 Å². The third kappa shape index (κ3) is 1.89. The molecule has 0 aromatic carbocycles. The molecule has 74 valence electrons. The fourth-order valence-corrected chi connectivity index (χ4v) is 1.34. The lowest BCUT2D eigenvalue weighted by molar-refractivity contribution is 0.448. The van der Waals surface area contributed by atoms with E-state index >= 15 is 0 Å². The molecule has 4 N–H and O–H groups in total. The third-order valence-electron chi connectivity index (χ3n) is 1.97. The van der Waals surface area contributed by atoms with Crippen LogP contribution in [0.1, 0.15) is 25.8 Å². The Balaban J connectivity index is 3.03. The summed E-state index contributed by atoms with van der Waals surface area (Å²) in [5, 5.41) is 4.45. The van der Waals surface area contributed by atoms with E-state index in [-0.39, 0.29) is 6.04 Å². The predicted octanol–water partition coefficient (Wildman–Crippen LogP) is -0.835. The fourth-order valence-electron chi connectivity index (χ4n) is 1.34. The largest absolute Gasteiger partial charge is 0.344 e. The molecule has 0 saturated heterocycles. The Labute approximate surface area is 74.7 Å². The Hall–Kier alpha value is -1.30. The first-order valence-electron chi connectivity index (χ1n) is 4.30. The molecule has 1 rings (SSSR count). The smallest absolute Gasteiger partial charge is 0.328 e. The van der Waals surface area contributed by atoms with E-state index in [4.69, 9.17) is 5.73 Å². The van der Waals surface area contributed by atoms with Gasteiger partial charge in [-0.1, -0.05) is 13.3 Å². The van der Waals surface area contributed by atoms with Crippen molar-refractivity contribution in [3.8, 4) is 0 Å². The van der Waals surface area contributed by atoms with Crippen molar-refractivity contribution in [1.82, 2.24) is 14.8 Å². The van der Waals surface area contributed by atoms with Crippen LogP contribution >= 0.6 is 0 Å². The Morgan fingerprint density at radius 1 is 1.38 bits per heavy atom. The molecule has 0 aliphatic carbocycles. The molecule has 0 fully saturated rings. The van der Waals surface area contributed by atoms with Gasteiger partial charge in [-0.05, 0) is 6.42 Å². The molecule has 0 aliphatic rings. The van der Waals surface area contributed by atoms with Crippen LogP contribution in [0.4, 0.5) is 0 Å². The normalized spacial score (nSPS) is 13.1. The van der Waals surface area contributed by atoms with E-state index in [1.807, 2.05) is 6.92 Å². The lowest BCUT2D eigenvalue weighted by Gasteiger charge is -2.11. The lowest BCUT2D eigenvalue weighted by atomic mass is 10.2. The number of nitrogens with two attached hydrogens (primary N) is 1. The second-order valence-corrected chi connectivity index (χ2v) is 2.91. The van der Waals surface area contributed by atoms with Gasteiger partial charge in [-0.15, -0.1) is 0 Å². The molecule has 0 radical (unpaired) electrons. The highest BCUT2D eigenvalue weighted by atomic mass is 16.2. The van der Waals surface area contributed by atoms with Gasteiger partial charge >= 0.3 is 11.4 Å². The molecular formula is C7H14N4O2. The summed E-state index contributed by atoms with van der Waals surface area (Å²) in [6, 6.07) is -0.201.